The fraction of sp³-hybridized carbons (Fsp3) is 0.130. The lowest BCUT2D eigenvalue weighted by atomic mass is 10.2. The van der Waals surface area contributed by atoms with Crippen molar-refractivity contribution in [2.24, 2.45) is 0 Å². The zero-order valence-corrected chi connectivity index (χ0v) is 18.2. The van der Waals surface area contributed by atoms with E-state index in [1.807, 2.05) is 13.0 Å². The molecule has 0 aliphatic rings. The van der Waals surface area contributed by atoms with Crippen LogP contribution in [0.5, 0.6) is 0 Å². The minimum absolute atomic E-state index is 0.190. The number of amides is 2. The lowest BCUT2D eigenvalue weighted by molar-refractivity contribution is -0.117. The minimum atomic E-state index is -0.581. The molecule has 32 heavy (non-hydrogen) atoms. The Bertz CT molecular complexity index is 1450. The summed E-state index contributed by atoms with van der Waals surface area (Å²) in [6, 6.07) is 15.4. The number of nitrogens with one attached hydrogen (secondary N) is 2. The fourth-order valence-electron chi connectivity index (χ4n) is 3.42. The number of benzene rings is 2. The van der Waals surface area contributed by atoms with Crippen molar-refractivity contribution in [2.75, 3.05) is 10.6 Å². The number of fused-ring (bicyclic) bond motifs is 1. The van der Waals surface area contributed by atoms with E-state index in [2.05, 4.69) is 10.6 Å². The molecule has 0 aliphatic heterocycles. The summed E-state index contributed by atoms with van der Waals surface area (Å²) in [7, 11) is 0. The molecule has 0 bridgehead atoms. The molecule has 2 amide bonds. The molecule has 0 spiro atoms. The summed E-state index contributed by atoms with van der Waals surface area (Å²) < 4.78 is 2.80. The van der Waals surface area contributed by atoms with Gasteiger partial charge in [-0.3, -0.25) is 19.0 Å². The van der Waals surface area contributed by atoms with Crippen molar-refractivity contribution in [1.29, 1.82) is 0 Å². The van der Waals surface area contributed by atoms with Gasteiger partial charge in [-0.25, -0.2) is 9.36 Å². The van der Waals surface area contributed by atoms with Crippen LogP contribution in [0.3, 0.4) is 0 Å². The highest BCUT2D eigenvalue weighted by atomic mass is 32.1. The van der Waals surface area contributed by atoms with Crippen molar-refractivity contribution >= 4 is 44.7 Å². The van der Waals surface area contributed by atoms with Crippen LogP contribution in [0.15, 0.2) is 69.6 Å². The highest BCUT2D eigenvalue weighted by molar-refractivity contribution is 7.17. The molecule has 0 aliphatic carbocycles. The van der Waals surface area contributed by atoms with E-state index in [1.165, 1.54) is 22.8 Å². The van der Waals surface area contributed by atoms with Crippen LogP contribution in [0, 0.1) is 6.92 Å². The first kappa shape index (κ1) is 21.3. The van der Waals surface area contributed by atoms with Gasteiger partial charge in [0.25, 0.3) is 5.56 Å². The van der Waals surface area contributed by atoms with E-state index in [0.717, 1.165) is 10.1 Å². The van der Waals surface area contributed by atoms with Gasteiger partial charge in [0, 0.05) is 18.3 Å². The molecule has 2 aromatic heterocycles. The molecular formula is C23H20N4O4S. The van der Waals surface area contributed by atoms with Gasteiger partial charge in [0.1, 0.15) is 11.2 Å². The largest absolute Gasteiger partial charge is 0.336 e. The van der Waals surface area contributed by atoms with Gasteiger partial charge in [-0.2, -0.15) is 0 Å². The summed E-state index contributed by atoms with van der Waals surface area (Å²) in [6.45, 7) is 3.03. The van der Waals surface area contributed by atoms with Gasteiger partial charge in [0.15, 0.2) is 0 Å². The van der Waals surface area contributed by atoms with Gasteiger partial charge >= 0.3 is 5.69 Å². The summed E-state index contributed by atoms with van der Waals surface area (Å²) in [6.07, 6.45) is 0. The van der Waals surface area contributed by atoms with Crippen LogP contribution < -0.4 is 21.9 Å². The van der Waals surface area contributed by atoms with Gasteiger partial charge in [0.2, 0.25) is 11.8 Å². The van der Waals surface area contributed by atoms with Crippen LogP contribution >= 0.6 is 11.3 Å². The standard InChI is InChI=1S/C23H20N4O4S/c1-14-4-3-5-18(12-14)27-22(30)21-19(10-11-32-21)26(23(27)31)13-20(29)25-17-8-6-16(7-9-17)24-15(2)28/h3-12H,13H2,1-2H3,(H,24,28)(H,25,29). The van der Waals surface area contributed by atoms with Crippen molar-refractivity contribution < 1.29 is 9.59 Å². The Balaban J connectivity index is 1.68. The van der Waals surface area contributed by atoms with Crippen molar-refractivity contribution in [3.8, 4) is 5.69 Å². The Kier molecular flexibility index (Phi) is 5.74. The second kappa shape index (κ2) is 8.64. The number of aryl methyl sites for hydroxylation is 1. The summed E-state index contributed by atoms with van der Waals surface area (Å²) >= 11 is 1.23. The van der Waals surface area contributed by atoms with Gasteiger partial charge in [-0.15, -0.1) is 11.3 Å². The number of anilines is 2. The zero-order valence-electron chi connectivity index (χ0n) is 17.4. The first-order valence-corrected chi connectivity index (χ1v) is 10.7. The highest BCUT2D eigenvalue weighted by Crippen LogP contribution is 2.18. The highest BCUT2D eigenvalue weighted by Gasteiger charge is 2.17. The van der Waals surface area contributed by atoms with E-state index in [1.54, 1.807) is 53.9 Å². The Morgan fingerprint density at radius 3 is 2.31 bits per heavy atom. The predicted octanol–water partition coefficient (Wildman–Crippen LogP) is 3.12. The first-order chi connectivity index (χ1) is 15.3. The van der Waals surface area contributed by atoms with Crippen LogP contribution in [0.25, 0.3) is 15.9 Å². The number of rotatable bonds is 5. The normalized spacial score (nSPS) is 10.8. The van der Waals surface area contributed by atoms with E-state index < -0.39 is 17.2 Å². The third-order valence-electron chi connectivity index (χ3n) is 4.81. The maximum atomic E-state index is 13.3. The molecule has 0 radical (unpaired) electrons. The van der Waals surface area contributed by atoms with Crippen molar-refractivity contribution in [3.63, 3.8) is 0 Å². The molecule has 4 aromatic rings. The minimum Gasteiger partial charge on any atom is -0.326 e. The van der Waals surface area contributed by atoms with Gasteiger partial charge < -0.3 is 10.6 Å². The second-order valence-corrected chi connectivity index (χ2v) is 8.21. The fourth-order valence-corrected chi connectivity index (χ4v) is 4.24. The van der Waals surface area contributed by atoms with Crippen molar-refractivity contribution in [2.45, 2.75) is 20.4 Å². The van der Waals surface area contributed by atoms with Crippen LogP contribution in [-0.2, 0) is 16.1 Å². The van der Waals surface area contributed by atoms with Crippen LogP contribution in [0.2, 0.25) is 0 Å². The van der Waals surface area contributed by atoms with Crippen LogP contribution in [-0.4, -0.2) is 20.9 Å². The maximum absolute atomic E-state index is 13.3. The summed E-state index contributed by atoms with van der Waals surface area (Å²) in [5.74, 6) is -0.606. The lowest BCUT2D eigenvalue weighted by Crippen LogP contribution is -2.40. The quantitative estimate of drug-likeness (QED) is 0.490. The molecule has 0 atom stereocenters. The summed E-state index contributed by atoms with van der Waals surface area (Å²) in [5, 5.41) is 7.12. The molecular weight excluding hydrogens is 428 g/mol. The molecule has 0 unspecified atom stereocenters. The average molecular weight is 449 g/mol. The van der Waals surface area contributed by atoms with Gasteiger partial charge in [-0.05, 0) is 60.3 Å². The number of hydrogen-bond donors (Lipinski definition) is 2. The average Bonchev–Trinajstić information content (AvgIpc) is 3.23. The second-order valence-electron chi connectivity index (χ2n) is 7.29. The number of nitrogens with zero attached hydrogens (tertiary/aromatic N) is 2. The third-order valence-corrected chi connectivity index (χ3v) is 5.70. The van der Waals surface area contributed by atoms with Gasteiger partial charge in [0.05, 0.1) is 11.2 Å². The number of hydrogen-bond acceptors (Lipinski definition) is 5. The molecule has 8 nitrogen and oxygen atoms in total. The molecule has 2 N–H and O–H groups in total. The van der Waals surface area contributed by atoms with Crippen LogP contribution in [0.4, 0.5) is 11.4 Å². The molecule has 162 valence electrons. The molecule has 2 aromatic carbocycles. The topological polar surface area (TPSA) is 102 Å². The SMILES string of the molecule is CC(=O)Nc1ccc(NC(=O)Cn2c(=O)n(-c3cccc(C)c3)c(=O)c3sccc32)cc1. The smallest absolute Gasteiger partial charge is 0.326 e. The maximum Gasteiger partial charge on any atom is 0.336 e. The number of aromatic nitrogens is 2. The molecule has 0 saturated heterocycles. The van der Waals surface area contributed by atoms with Crippen molar-refractivity contribution in [3.05, 3.63) is 86.4 Å². The molecule has 4 rings (SSSR count). The Labute approximate surface area is 186 Å². The Morgan fingerprint density at radius 1 is 0.969 bits per heavy atom. The molecule has 0 fully saturated rings. The van der Waals surface area contributed by atoms with E-state index in [4.69, 9.17) is 0 Å². The molecule has 9 heteroatoms. The monoisotopic (exact) mass is 448 g/mol. The predicted molar refractivity (Wildman–Crippen MR) is 126 cm³/mol. The third kappa shape index (κ3) is 4.23. The number of carbonyl (C=O) groups is 2. The number of carbonyl (C=O) groups excluding carboxylic acids is 2. The van der Waals surface area contributed by atoms with E-state index in [0.29, 0.717) is 27.3 Å². The Hall–Kier alpha value is -3.98. The Morgan fingerprint density at radius 2 is 1.66 bits per heavy atom. The zero-order chi connectivity index (χ0) is 22.8. The van der Waals surface area contributed by atoms with Crippen molar-refractivity contribution in [1.82, 2.24) is 9.13 Å². The first-order valence-electron chi connectivity index (χ1n) is 9.81. The van der Waals surface area contributed by atoms with Crippen LogP contribution in [0.1, 0.15) is 12.5 Å². The number of thiophene rings is 1. The summed E-state index contributed by atoms with van der Waals surface area (Å²) in [4.78, 5) is 50.1. The summed E-state index contributed by atoms with van der Waals surface area (Å²) in [5.41, 5.74) is 1.93. The van der Waals surface area contributed by atoms with E-state index in [9.17, 15) is 19.2 Å². The molecule has 0 saturated carbocycles. The molecule has 2 heterocycles. The van der Waals surface area contributed by atoms with E-state index >= 15 is 0 Å². The van der Waals surface area contributed by atoms with E-state index in [-0.39, 0.29) is 12.5 Å². The lowest BCUT2D eigenvalue weighted by Gasteiger charge is -2.13. The van der Waals surface area contributed by atoms with Gasteiger partial charge in [-0.1, -0.05) is 12.1 Å².